The molecule has 19 heavy (non-hydrogen) atoms. The number of halogens is 3. The summed E-state index contributed by atoms with van der Waals surface area (Å²) in [7, 11) is 0. The summed E-state index contributed by atoms with van der Waals surface area (Å²) in [6.07, 6.45) is 0.784. The monoisotopic (exact) mass is 297 g/mol. The molecule has 0 radical (unpaired) electrons. The molecular weight excluding hydrogens is 284 g/mol. The van der Waals surface area contributed by atoms with Crippen LogP contribution in [0.15, 0.2) is 42.5 Å². The quantitative estimate of drug-likeness (QED) is 0.803. The fourth-order valence-corrected chi connectivity index (χ4v) is 2.44. The lowest BCUT2D eigenvalue weighted by atomic mass is 10.1. The highest BCUT2D eigenvalue weighted by molar-refractivity contribution is 6.34. The molecule has 2 aromatic rings. The highest BCUT2D eigenvalue weighted by Gasteiger charge is 1.99. The van der Waals surface area contributed by atoms with Gasteiger partial charge in [0, 0.05) is 16.6 Å². The third-order valence-electron chi connectivity index (χ3n) is 2.73. The van der Waals surface area contributed by atoms with Gasteiger partial charge >= 0.3 is 0 Å². The predicted octanol–water partition coefficient (Wildman–Crippen LogP) is 4.46. The standard InChI is InChI=1S/C15H14Cl2FN/c16-13-6-12(7-14(17)9-13)10-19-5-4-11-2-1-3-15(18)8-11/h1-3,6-9,19H,4-5,10H2. The maximum absolute atomic E-state index is 13.0. The van der Waals surface area contributed by atoms with E-state index in [9.17, 15) is 4.39 Å². The molecule has 0 aliphatic heterocycles. The minimum Gasteiger partial charge on any atom is -0.312 e. The van der Waals surface area contributed by atoms with Gasteiger partial charge in [0.1, 0.15) is 5.82 Å². The van der Waals surface area contributed by atoms with E-state index < -0.39 is 0 Å². The van der Waals surface area contributed by atoms with Gasteiger partial charge in [0.25, 0.3) is 0 Å². The summed E-state index contributed by atoms with van der Waals surface area (Å²) in [6, 6.07) is 12.1. The molecule has 0 spiro atoms. The summed E-state index contributed by atoms with van der Waals surface area (Å²) < 4.78 is 13.0. The molecule has 0 amide bonds. The molecule has 1 N–H and O–H groups in total. The fraction of sp³-hybridized carbons (Fsp3) is 0.200. The molecule has 0 fully saturated rings. The van der Waals surface area contributed by atoms with Gasteiger partial charge in [0.2, 0.25) is 0 Å². The van der Waals surface area contributed by atoms with Crippen LogP contribution in [0.25, 0.3) is 0 Å². The largest absolute Gasteiger partial charge is 0.312 e. The van der Waals surface area contributed by atoms with Crippen LogP contribution in [0.1, 0.15) is 11.1 Å². The van der Waals surface area contributed by atoms with E-state index in [1.54, 1.807) is 18.2 Å². The molecule has 2 rings (SSSR count). The van der Waals surface area contributed by atoms with E-state index in [1.807, 2.05) is 18.2 Å². The second-order valence-corrected chi connectivity index (χ2v) is 5.21. The Morgan fingerprint density at radius 2 is 1.68 bits per heavy atom. The van der Waals surface area contributed by atoms with E-state index in [1.165, 1.54) is 6.07 Å². The molecule has 100 valence electrons. The number of nitrogens with one attached hydrogen (secondary N) is 1. The average molecular weight is 298 g/mol. The highest BCUT2D eigenvalue weighted by Crippen LogP contribution is 2.18. The zero-order valence-corrected chi connectivity index (χ0v) is 11.8. The van der Waals surface area contributed by atoms with Gasteiger partial charge in [0.05, 0.1) is 0 Å². The Morgan fingerprint density at radius 1 is 0.947 bits per heavy atom. The molecule has 0 saturated heterocycles. The zero-order chi connectivity index (χ0) is 13.7. The van der Waals surface area contributed by atoms with Gasteiger partial charge < -0.3 is 5.32 Å². The van der Waals surface area contributed by atoms with Crippen molar-refractivity contribution in [1.29, 1.82) is 0 Å². The summed E-state index contributed by atoms with van der Waals surface area (Å²) in [6.45, 7) is 1.46. The van der Waals surface area contributed by atoms with E-state index in [0.29, 0.717) is 16.6 Å². The lowest BCUT2D eigenvalue weighted by Crippen LogP contribution is -2.16. The van der Waals surface area contributed by atoms with Crippen molar-refractivity contribution >= 4 is 23.2 Å². The summed E-state index contributed by atoms with van der Waals surface area (Å²) in [5, 5.41) is 4.55. The molecule has 1 nitrogen and oxygen atoms in total. The lowest BCUT2D eigenvalue weighted by molar-refractivity contribution is 0.622. The molecule has 0 atom stereocenters. The first-order valence-corrected chi connectivity index (χ1v) is 6.79. The Labute approximate surface area is 122 Å². The first kappa shape index (κ1) is 14.3. The Bertz CT molecular complexity index is 537. The summed E-state index contributed by atoms with van der Waals surface area (Å²) >= 11 is 11.8. The van der Waals surface area contributed by atoms with Crippen molar-refractivity contribution in [2.45, 2.75) is 13.0 Å². The van der Waals surface area contributed by atoms with Crippen LogP contribution < -0.4 is 5.32 Å². The van der Waals surface area contributed by atoms with Crippen LogP contribution in [0.2, 0.25) is 10.0 Å². The molecule has 4 heteroatoms. The predicted molar refractivity (Wildman–Crippen MR) is 78.3 cm³/mol. The Hall–Kier alpha value is -1.09. The van der Waals surface area contributed by atoms with Gasteiger partial charge in [-0.3, -0.25) is 0 Å². The fourth-order valence-electron chi connectivity index (χ4n) is 1.87. The zero-order valence-electron chi connectivity index (χ0n) is 10.3. The van der Waals surface area contributed by atoms with Gasteiger partial charge in [-0.05, 0) is 54.4 Å². The molecule has 0 aromatic heterocycles. The SMILES string of the molecule is Fc1cccc(CCNCc2cc(Cl)cc(Cl)c2)c1. The van der Waals surface area contributed by atoms with E-state index >= 15 is 0 Å². The molecule has 0 bridgehead atoms. The van der Waals surface area contributed by atoms with E-state index in [0.717, 1.165) is 24.1 Å². The molecule has 0 heterocycles. The highest BCUT2D eigenvalue weighted by atomic mass is 35.5. The minimum atomic E-state index is -0.195. The number of hydrogen-bond acceptors (Lipinski definition) is 1. The topological polar surface area (TPSA) is 12.0 Å². The maximum Gasteiger partial charge on any atom is 0.123 e. The van der Waals surface area contributed by atoms with Crippen LogP contribution in [0.5, 0.6) is 0 Å². The van der Waals surface area contributed by atoms with Crippen LogP contribution >= 0.6 is 23.2 Å². The van der Waals surface area contributed by atoms with E-state index in [2.05, 4.69) is 5.32 Å². The van der Waals surface area contributed by atoms with Crippen molar-refractivity contribution in [3.8, 4) is 0 Å². The Kier molecular flexibility index (Phi) is 5.20. The summed E-state index contributed by atoms with van der Waals surface area (Å²) in [5.74, 6) is -0.195. The number of benzene rings is 2. The summed E-state index contributed by atoms with van der Waals surface area (Å²) in [5.41, 5.74) is 2.02. The van der Waals surface area contributed by atoms with Crippen molar-refractivity contribution in [3.63, 3.8) is 0 Å². The average Bonchev–Trinajstić information content (AvgIpc) is 2.34. The Balaban J connectivity index is 1.80. The van der Waals surface area contributed by atoms with Crippen LogP contribution in [0, 0.1) is 5.82 Å². The van der Waals surface area contributed by atoms with Crippen molar-refractivity contribution in [1.82, 2.24) is 5.32 Å². The van der Waals surface area contributed by atoms with E-state index in [-0.39, 0.29) is 5.82 Å². The smallest absolute Gasteiger partial charge is 0.123 e. The van der Waals surface area contributed by atoms with Crippen LogP contribution in [0.4, 0.5) is 4.39 Å². The van der Waals surface area contributed by atoms with Gasteiger partial charge in [-0.15, -0.1) is 0 Å². The molecule has 0 unspecified atom stereocenters. The van der Waals surface area contributed by atoms with Crippen molar-refractivity contribution < 1.29 is 4.39 Å². The van der Waals surface area contributed by atoms with Crippen LogP contribution in [-0.2, 0) is 13.0 Å². The molecular formula is C15H14Cl2FN. The van der Waals surface area contributed by atoms with Crippen LogP contribution in [0.3, 0.4) is 0 Å². The lowest BCUT2D eigenvalue weighted by Gasteiger charge is -2.06. The van der Waals surface area contributed by atoms with Gasteiger partial charge in [-0.1, -0.05) is 35.3 Å². The molecule has 2 aromatic carbocycles. The molecule has 0 saturated carbocycles. The van der Waals surface area contributed by atoms with Gasteiger partial charge in [-0.25, -0.2) is 4.39 Å². The number of rotatable bonds is 5. The minimum absolute atomic E-state index is 0.195. The molecule has 0 aliphatic rings. The van der Waals surface area contributed by atoms with Crippen molar-refractivity contribution in [3.05, 3.63) is 69.5 Å². The van der Waals surface area contributed by atoms with Crippen molar-refractivity contribution in [2.24, 2.45) is 0 Å². The van der Waals surface area contributed by atoms with Crippen LogP contribution in [-0.4, -0.2) is 6.54 Å². The third-order valence-corrected chi connectivity index (χ3v) is 3.17. The normalized spacial score (nSPS) is 10.7. The first-order chi connectivity index (χ1) is 9.13. The molecule has 0 aliphatic carbocycles. The number of hydrogen-bond donors (Lipinski definition) is 1. The second kappa shape index (κ2) is 6.90. The Morgan fingerprint density at radius 3 is 2.37 bits per heavy atom. The van der Waals surface area contributed by atoms with Gasteiger partial charge in [0.15, 0.2) is 0 Å². The van der Waals surface area contributed by atoms with Gasteiger partial charge in [-0.2, -0.15) is 0 Å². The van der Waals surface area contributed by atoms with E-state index in [4.69, 9.17) is 23.2 Å². The summed E-state index contributed by atoms with van der Waals surface area (Å²) in [4.78, 5) is 0. The third kappa shape index (κ3) is 4.83. The first-order valence-electron chi connectivity index (χ1n) is 6.03. The maximum atomic E-state index is 13.0. The van der Waals surface area contributed by atoms with Crippen molar-refractivity contribution in [2.75, 3.05) is 6.54 Å². The second-order valence-electron chi connectivity index (χ2n) is 4.33.